The average Bonchev–Trinajstić information content (AvgIpc) is 2.69. The van der Waals surface area contributed by atoms with Crippen molar-refractivity contribution in [3.05, 3.63) is 35.0 Å². The number of benzene rings is 1. The Morgan fingerprint density at radius 2 is 1.95 bits per heavy atom. The first-order valence-corrected chi connectivity index (χ1v) is 5.87. The normalized spacial score (nSPS) is 11.3. The van der Waals surface area contributed by atoms with Gasteiger partial charge in [-0.1, -0.05) is 0 Å². The summed E-state index contributed by atoms with van der Waals surface area (Å²) >= 11 is 0. The van der Waals surface area contributed by atoms with Crippen LogP contribution in [0.5, 0.6) is 0 Å². The molecule has 1 heterocycles. The van der Waals surface area contributed by atoms with E-state index in [4.69, 9.17) is 10.5 Å². The Hall–Kier alpha value is -2.47. The zero-order valence-corrected chi connectivity index (χ0v) is 10.6. The Kier molecular flexibility index (Phi) is 3.42. The van der Waals surface area contributed by atoms with Gasteiger partial charge in [-0.05, 0) is 25.1 Å². The smallest absolute Gasteiger partial charge is 0.344 e. The summed E-state index contributed by atoms with van der Waals surface area (Å²) in [5.41, 5.74) is -0.265. The van der Waals surface area contributed by atoms with Gasteiger partial charge in [0.1, 0.15) is 0 Å². The number of fused-ring (bicyclic) bond motifs is 1. The van der Waals surface area contributed by atoms with Gasteiger partial charge in [-0.15, -0.1) is 0 Å². The highest BCUT2D eigenvalue weighted by atomic mass is 19.4. The molecular weight excluding hydrogens is 267 g/mol. The number of hydrogen-bond acceptors (Lipinski definition) is 2. The predicted octanol–water partition coefficient (Wildman–Crippen LogP) is 3.75. The number of halogens is 3. The molecule has 0 bridgehead atoms. The molecule has 102 valence electrons. The Morgan fingerprint density at radius 1 is 1.25 bits per heavy atom. The first-order valence-electron chi connectivity index (χ1n) is 5.87. The van der Waals surface area contributed by atoms with Gasteiger partial charge in [0.05, 0.1) is 29.7 Å². The van der Waals surface area contributed by atoms with Crippen LogP contribution in [0.2, 0.25) is 0 Å². The highest BCUT2D eigenvalue weighted by Gasteiger charge is 2.36. The van der Waals surface area contributed by atoms with Gasteiger partial charge in [-0.2, -0.15) is 23.7 Å². The van der Waals surface area contributed by atoms with E-state index in [0.29, 0.717) is 17.8 Å². The second kappa shape index (κ2) is 4.90. The van der Waals surface area contributed by atoms with E-state index in [0.717, 1.165) is 0 Å². The van der Waals surface area contributed by atoms with Crippen LogP contribution >= 0.6 is 0 Å². The Bertz CT molecular complexity index is 742. The molecule has 0 N–H and O–H groups in total. The summed E-state index contributed by atoms with van der Waals surface area (Å²) in [4.78, 5) is 0. The number of aromatic nitrogens is 1. The van der Waals surface area contributed by atoms with Crippen molar-refractivity contribution in [3.8, 4) is 12.1 Å². The van der Waals surface area contributed by atoms with Gasteiger partial charge in [-0.3, -0.25) is 0 Å². The first-order chi connectivity index (χ1) is 9.40. The van der Waals surface area contributed by atoms with Crippen molar-refractivity contribution in [1.29, 1.82) is 10.5 Å². The lowest BCUT2D eigenvalue weighted by molar-refractivity contribution is -0.136. The van der Waals surface area contributed by atoms with E-state index in [1.807, 2.05) is 6.07 Å². The van der Waals surface area contributed by atoms with Crippen molar-refractivity contribution in [2.75, 3.05) is 0 Å². The van der Waals surface area contributed by atoms with Crippen molar-refractivity contribution in [3.63, 3.8) is 0 Å². The number of hydrogen-bond donors (Lipinski definition) is 0. The minimum absolute atomic E-state index is 0.00647. The largest absolute Gasteiger partial charge is 0.418 e. The molecule has 0 saturated heterocycles. The fraction of sp³-hybridized carbons (Fsp3) is 0.286. The lowest BCUT2D eigenvalue weighted by Crippen LogP contribution is -2.08. The standard InChI is InChI=1S/C14H10F3N3/c1-9-7-11-12(20(9)6-2-5-18)4-3-10(8-19)13(11)14(15,16)17/h3-4,7H,2,6H2,1H3. The highest BCUT2D eigenvalue weighted by molar-refractivity contribution is 5.87. The molecule has 2 rings (SSSR count). The van der Waals surface area contributed by atoms with E-state index in [-0.39, 0.29) is 17.4 Å². The van der Waals surface area contributed by atoms with E-state index in [2.05, 4.69) is 0 Å². The van der Waals surface area contributed by atoms with Crippen LogP contribution in [0.3, 0.4) is 0 Å². The molecule has 0 aliphatic carbocycles. The number of rotatable bonds is 2. The summed E-state index contributed by atoms with van der Waals surface area (Å²) in [6.45, 7) is 2.01. The Labute approximate surface area is 113 Å². The summed E-state index contributed by atoms with van der Waals surface area (Å²) < 4.78 is 41.1. The Balaban J connectivity index is 2.78. The molecule has 0 fully saturated rings. The lowest BCUT2D eigenvalue weighted by Gasteiger charge is -2.11. The molecule has 1 aromatic heterocycles. The molecule has 0 atom stereocenters. The molecule has 20 heavy (non-hydrogen) atoms. The van der Waals surface area contributed by atoms with E-state index < -0.39 is 11.7 Å². The number of alkyl halides is 3. The molecule has 0 spiro atoms. The van der Waals surface area contributed by atoms with Gasteiger partial charge in [0.25, 0.3) is 0 Å². The minimum atomic E-state index is -4.58. The van der Waals surface area contributed by atoms with Gasteiger partial charge < -0.3 is 4.57 Å². The monoisotopic (exact) mass is 277 g/mol. The van der Waals surface area contributed by atoms with Gasteiger partial charge in [0, 0.05) is 23.1 Å². The van der Waals surface area contributed by atoms with E-state index >= 15 is 0 Å². The van der Waals surface area contributed by atoms with Gasteiger partial charge in [0.2, 0.25) is 0 Å². The molecule has 0 aliphatic rings. The number of aryl methyl sites for hydroxylation is 2. The van der Waals surface area contributed by atoms with E-state index in [1.165, 1.54) is 18.2 Å². The van der Waals surface area contributed by atoms with E-state index in [9.17, 15) is 13.2 Å². The second-order valence-corrected chi connectivity index (χ2v) is 4.38. The molecule has 0 saturated carbocycles. The molecule has 6 heteroatoms. The van der Waals surface area contributed by atoms with Crippen LogP contribution in [0.1, 0.15) is 23.2 Å². The maximum atomic E-state index is 13.1. The van der Waals surface area contributed by atoms with Crippen LogP contribution in [0, 0.1) is 29.6 Å². The van der Waals surface area contributed by atoms with Crippen LogP contribution < -0.4 is 0 Å². The van der Waals surface area contributed by atoms with Crippen molar-refractivity contribution < 1.29 is 13.2 Å². The SMILES string of the molecule is Cc1cc2c(C(F)(F)F)c(C#N)ccc2n1CCC#N. The molecule has 0 aliphatic heterocycles. The summed E-state index contributed by atoms with van der Waals surface area (Å²) in [6, 6.07) is 7.64. The van der Waals surface area contributed by atoms with E-state index in [1.54, 1.807) is 17.6 Å². The highest BCUT2D eigenvalue weighted by Crippen LogP contribution is 2.38. The first kappa shape index (κ1) is 14.0. The maximum Gasteiger partial charge on any atom is 0.418 e. The second-order valence-electron chi connectivity index (χ2n) is 4.38. The molecule has 1 aromatic carbocycles. The maximum absolute atomic E-state index is 13.1. The van der Waals surface area contributed by atoms with Crippen molar-refractivity contribution in [1.82, 2.24) is 4.57 Å². The van der Waals surface area contributed by atoms with Gasteiger partial charge >= 0.3 is 6.18 Å². The summed E-state index contributed by atoms with van der Waals surface area (Å²) in [5, 5.41) is 17.5. The third-order valence-corrected chi connectivity index (χ3v) is 3.14. The van der Waals surface area contributed by atoms with Crippen LogP contribution in [0.25, 0.3) is 10.9 Å². The average molecular weight is 277 g/mol. The number of nitriles is 2. The lowest BCUT2D eigenvalue weighted by atomic mass is 10.0. The van der Waals surface area contributed by atoms with Crippen molar-refractivity contribution >= 4 is 10.9 Å². The topological polar surface area (TPSA) is 52.5 Å². The molecule has 0 radical (unpaired) electrons. The van der Waals surface area contributed by atoms with Crippen LogP contribution in [-0.2, 0) is 12.7 Å². The summed E-state index contributed by atoms with van der Waals surface area (Å²) in [6.07, 6.45) is -4.37. The van der Waals surface area contributed by atoms with Gasteiger partial charge in [0.15, 0.2) is 0 Å². The fourth-order valence-corrected chi connectivity index (χ4v) is 2.32. The van der Waals surface area contributed by atoms with Crippen LogP contribution in [0.15, 0.2) is 18.2 Å². The number of nitrogens with zero attached hydrogens (tertiary/aromatic N) is 3. The Morgan fingerprint density at radius 3 is 2.50 bits per heavy atom. The van der Waals surface area contributed by atoms with Crippen molar-refractivity contribution in [2.45, 2.75) is 26.1 Å². The predicted molar refractivity (Wildman–Crippen MR) is 66.6 cm³/mol. The molecule has 3 nitrogen and oxygen atoms in total. The summed E-state index contributed by atoms with van der Waals surface area (Å²) in [7, 11) is 0. The van der Waals surface area contributed by atoms with Gasteiger partial charge in [-0.25, -0.2) is 0 Å². The third kappa shape index (κ3) is 2.21. The third-order valence-electron chi connectivity index (χ3n) is 3.14. The molecule has 0 amide bonds. The minimum Gasteiger partial charge on any atom is -0.344 e. The molecule has 2 aromatic rings. The summed E-state index contributed by atoms with van der Waals surface area (Å²) in [5.74, 6) is 0. The van der Waals surface area contributed by atoms with Crippen LogP contribution in [-0.4, -0.2) is 4.57 Å². The molecular formula is C14H10F3N3. The quantitative estimate of drug-likeness (QED) is 0.839. The molecule has 0 unspecified atom stereocenters. The fourth-order valence-electron chi connectivity index (χ4n) is 2.32. The van der Waals surface area contributed by atoms with Crippen molar-refractivity contribution in [2.24, 2.45) is 0 Å². The van der Waals surface area contributed by atoms with Crippen LogP contribution in [0.4, 0.5) is 13.2 Å². The zero-order valence-electron chi connectivity index (χ0n) is 10.6. The zero-order chi connectivity index (χ0) is 14.9.